The Balaban J connectivity index is 2.41. The normalized spacial score (nSPS) is 10.4. The maximum Gasteiger partial charge on any atom is 0.238 e. The molecule has 7 heteroatoms. The second-order valence-corrected chi connectivity index (χ2v) is 4.61. The molecule has 1 aromatic carbocycles. The number of nitrogens with one attached hydrogen (secondary N) is 2. The Labute approximate surface area is 129 Å². The molecule has 0 aliphatic heterocycles. The van der Waals surface area contributed by atoms with Gasteiger partial charge in [-0.3, -0.25) is 4.79 Å². The van der Waals surface area contributed by atoms with Crippen molar-refractivity contribution < 1.29 is 19.0 Å². The van der Waals surface area contributed by atoms with Gasteiger partial charge in [0.15, 0.2) is 0 Å². The number of benzene rings is 1. The van der Waals surface area contributed by atoms with Crippen molar-refractivity contribution in [1.29, 1.82) is 0 Å². The minimum atomic E-state index is -0.143. The summed E-state index contributed by atoms with van der Waals surface area (Å²) >= 11 is 6.09. The number of ether oxygens (including phenoxy) is 3. The third-order valence-corrected chi connectivity index (χ3v) is 2.82. The molecule has 118 valence electrons. The topological polar surface area (TPSA) is 68.8 Å². The van der Waals surface area contributed by atoms with E-state index in [9.17, 15) is 4.79 Å². The summed E-state index contributed by atoms with van der Waals surface area (Å²) in [6.45, 7) is 2.31. The van der Waals surface area contributed by atoms with Crippen molar-refractivity contribution in [3.8, 4) is 5.75 Å². The Morgan fingerprint density at radius 2 is 1.95 bits per heavy atom. The van der Waals surface area contributed by atoms with Crippen LogP contribution in [0.2, 0.25) is 5.02 Å². The van der Waals surface area contributed by atoms with Crippen molar-refractivity contribution in [2.24, 2.45) is 0 Å². The number of methoxy groups -OCH3 is 2. The van der Waals surface area contributed by atoms with E-state index in [1.807, 2.05) is 0 Å². The Morgan fingerprint density at radius 3 is 2.62 bits per heavy atom. The Morgan fingerprint density at radius 1 is 1.19 bits per heavy atom. The Hall–Kier alpha value is -1.34. The maximum absolute atomic E-state index is 11.7. The largest absolute Gasteiger partial charge is 0.490 e. The lowest BCUT2D eigenvalue weighted by Crippen LogP contribution is -2.30. The number of halogens is 1. The summed E-state index contributed by atoms with van der Waals surface area (Å²) in [4.78, 5) is 11.7. The Bertz CT molecular complexity index is 443. The van der Waals surface area contributed by atoms with E-state index < -0.39 is 0 Å². The molecule has 0 atom stereocenters. The minimum Gasteiger partial charge on any atom is -0.490 e. The van der Waals surface area contributed by atoms with Gasteiger partial charge in [-0.2, -0.15) is 0 Å². The molecule has 0 radical (unpaired) electrons. The molecule has 0 aromatic heterocycles. The highest BCUT2D eigenvalue weighted by Gasteiger charge is 2.06. The molecule has 0 bridgehead atoms. The maximum atomic E-state index is 11.7. The van der Waals surface area contributed by atoms with Gasteiger partial charge in [0.05, 0.1) is 24.8 Å². The highest BCUT2D eigenvalue weighted by Crippen LogP contribution is 2.27. The van der Waals surface area contributed by atoms with E-state index >= 15 is 0 Å². The van der Waals surface area contributed by atoms with Crippen LogP contribution in [0.4, 0.5) is 5.69 Å². The zero-order valence-electron chi connectivity index (χ0n) is 12.3. The third-order valence-electron chi connectivity index (χ3n) is 2.53. The number of carbonyl (C=O) groups excluding carboxylic acids is 1. The van der Waals surface area contributed by atoms with Crippen LogP contribution < -0.4 is 15.4 Å². The lowest BCUT2D eigenvalue weighted by molar-refractivity contribution is -0.115. The quantitative estimate of drug-likeness (QED) is 0.641. The zero-order chi connectivity index (χ0) is 15.5. The van der Waals surface area contributed by atoms with E-state index in [-0.39, 0.29) is 12.5 Å². The third kappa shape index (κ3) is 7.29. The van der Waals surface area contributed by atoms with E-state index in [2.05, 4.69) is 10.6 Å². The molecule has 21 heavy (non-hydrogen) atoms. The van der Waals surface area contributed by atoms with Gasteiger partial charge in [-0.15, -0.1) is 0 Å². The molecule has 0 aliphatic carbocycles. The monoisotopic (exact) mass is 316 g/mol. The van der Waals surface area contributed by atoms with E-state index in [1.54, 1.807) is 32.4 Å². The number of anilines is 1. The first-order chi connectivity index (χ1) is 10.2. The molecule has 2 N–H and O–H groups in total. The van der Waals surface area contributed by atoms with Crippen molar-refractivity contribution in [3.63, 3.8) is 0 Å². The number of amides is 1. The fourth-order valence-corrected chi connectivity index (χ4v) is 1.75. The van der Waals surface area contributed by atoms with E-state index in [4.69, 9.17) is 25.8 Å². The summed E-state index contributed by atoms with van der Waals surface area (Å²) < 4.78 is 15.2. The number of rotatable bonds is 10. The van der Waals surface area contributed by atoms with E-state index in [0.717, 1.165) is 0 Å². The molecule has 0 saturated heterocycles. The van der Waals surface area contributed by atoms with Crippen LogP contribution in [-0.4, -0.2) is 53.0 Å². The average Bonchev–Trinajstić information content (AvgIpc) is 2.46. The zero-order valence-corrected chi connectivity index (χ0v) is 13.0. The van der Waals surface area contributed by atoms with Crippen LogP contribution in [0.5, 0.6) is 5.75 Å². The van der Waals surface area contributed by atoms with Crippen molar-refractivity contribution >= 4 is 23.2 Å². The molecular formula is C14H21ClN2O4. The smallest absolute Gasteiger partial charge is 0.238 e. The van der Waals surface area contributed by atoms with Gasteiger partial charge in [0.25, 0.3) is 0 Å². The van der Waals surface area contributed by atoms with Gasteiger partial charge in [0.1, 0.15) is 12.4 Å². The molecule has 0 fully saturated rings. The van der Waals surface area contributed by atoms with Crippen LogP contribution >= 0.6 is 11.6 Å². The number of hydrogen-bond donors (Lipinski definition) is 2. The first-order valence-corrected chi connectivity index (χ1v) is 6.96. The first-order valence-electron chi connectivity index (χ1n) is 6.58. The lowest BCUT2D eigenvalue weighted by atomic mass is 10.3. The van der Waals surface area contributed by atoms with E-state index in [1.165, 1.54) is 0 Å². The molecular weight excluding hydrogens is 296 g/mol. The van der Waals surface area contributed by atoms with Crippen molar-refractivity contribution in [1.82, 2.24) is 5.32 Å². The second-order valence-electron chi connectivity index (χ2n) is 4.20. The predicted octanol–water partition coefficient (Wildman–Crippen LogP) is 1.54. The standard InChI is InChI=1S/C14H21ClN2O4/c1-19-6-5-16-10-14(18)17-11-3-4-13(12(15)9-11)21-8-7-20-2/h3-4,9,16H,5-8,10H2,1-2H3,(H,17,18). The van der Waals surface area contributed by atoms with Crippen LogP contribution in [0.25, 0.3) is 0 Å². The van der Waals surface area contributed by atoms with Crippen LogP contribution in [-0.2, 0) is 14.3 Å². The van der Waals surface area contributed by atoms with Gasteiger partial charge in [0.2, 0.25) is 5.91 Å². The van der Waals surface area contributed by atoms with Gasteiger partial charge >= 0.3 is 0 Å². The predicted molar refractivity (Wildman–Crippen MR) is 82.2 cm³/mol. The fraction of sp³-hybridized carbons (Fsp3) is 0.500. The Kier molecular flexibility index (Phi) is 8.77. The summed E-state index contributed by atoms with van der Waals surface area (Å²) in [7, 11) is 3.21. The highest BCUT2D eigenvalue weighted by molar-refractivity contribution is 6.32. The van der Waals surface area contributed by atoms with Crippen LogP contribution in [0, 0.1) is 0 Å². The lowest BCUT2D eigenvalue weighted by Gasteiger charge is -2.10. The SMILES string of the molecule is COCCNCC(=O)Nc1ccc(OCCOC)c(Cl)c1. The number of carbonyl (C=O) groups is 1. The molecule has 0 heterocycles. The molecule has 1 amide bonds. The molecule has 0 saturated carbocycles. The molecule has 0 spiro atoms. The van der Waals surface area contributed by atoms with Crippen molar-refractivity contribution in [2.75, 3.05) is 52.4 Å². The average molecular weight is 317 g/mol. The highest BCUT2D eigenvalue weighted by atomic mass is 35.5. The summed E-state index contributed by atoms with van der Waals surface area (Å²) in [5.74, 6) is 0.417. The first kappa shape index (κ1) is 17.7. The van der Waals surface area contributed by atoms with Gasteiger partial charge in [-0.05, 0) is 18.2 Å². The van der Waals surface area contributed by atoms with Gasteiger partial charge in [0, 0.05) is 26.5 Å². The van der Waals surface area contributed by atoms with Crippen LogP contribution in [0.3, 0.4) is 0 Å². The second kappa shape index (κ2) is 10.4. The van der Waals surface area contributed by atoms with Gasteiger partial charge in [-0.25, -0.2) is 0 Å². The van der Waals surface area contributed by atoms with Crippen molar-refractivity contribution in [2.45, 2.75) is 0 Å². The van der Waals surface area contributed by atoms with Crippen molar-refractivity contribution in [3.05, 3.63) is 23.2 Å². The summed E-state index contributed by atoms with van der Waals surface area (Å²) in [5, 5.41) is 6.15. The summed E-state index contributed by atoms with van der Waals surface area (Å²) in [6, 6.07) is 5.10. The number of hydrogen-bond acceptors (Lipinski definition) is 5. The summed E-state index contributed by atoms with van der Waals surface area (Å²) in [5.41, 5.74) is 0.623. The van der Waals surface area contributed by atoms with Crippen LogP contribution in [0.15, 0.2) is 18.2 Å². The fourth-order valence-electron chi connectivity index (χ4n) is 1.51. The van der Waals surface area contributed by atoms with Gasteiger partial charge in [-0.1, -0.05) is 11.6 Å². The van der Waals surface area contributed by atoms with Crippen LogP contribution in [0.1, 0.15) is 0 Å². The minimum absolute atomic E-state index is 0.143. The van der Waals surface area contributed by atoms with E-state index in [0.29, 0.717) is 42.8 Å². The van der Waals surface area contributed by atoms with Gasteiger partial charge < -0.3 is 24.8 Å². The molecule has 0 aliphatic rings. The molecule has 1 rings (SSSR count). The molecule has 6 nitrogen and oxygen atoms in total. The molecule has 0 unspecified atom stereocenters. The summed E-state index contributed by atoms with van der Waals surface area (Å²) in [6.07, 6.45) is 0. The molecule has 1 aromatic rings.